The van der Waals surface area contributed by atoms with Crippen LogP contribution in [0.25, 0.3) is 10.8 Å². The highest BCUT2D eigenvalue weighted by Crippen LogP contribution is 2.19. The summed E-state index contributed by atoms with van der Waals surface area (Å²) in [6, 6.07) is 24.5. The molecule has 0 unspecified atom stereocenters. The summed E-state index contributed by atoms with van der Waals surface area (Å²) in [4.78, 5) is 24.7. The Morgan fingerprint density at radius 3 is 1.78 bits per heavy atom. The fourth-order valence-corrected chi connectivity index (χ4v) is 4.10. The van der Waals surface area contributed by atoms with E-state index in [1.807, 2.05) is 0 Å². The summed E-state index contributed by atoms with van der Waals surface area (Å²) < 4.78 is 0. The minimum absolute atomic E-state index is 1.06. The van der Waals surface area contributed by atoms with Crippen molar-refractivity contribution in [2.24, 2.45) is 0 Å². The van der Waals surface area contributed by atoms with Gasteiger partial charge in [-0.25, -0.2) is 9.59 Å². The maximum Gasteiger partial charge on any atom is 0.414 e. The lowest BCUT2D eigenvalue weighted by molar-refractivity contribution is -0.159. The average molecular weight is 453 g/mol. The number of carboxylic acids is 2. The topological polar surface area (TPSA) is 81.1 Å². The smallest absolute Gasteiger partial charge is 0.414 e. The molecule has 2 N–H and O–H groups in total. The van der Waals surface area contributed by atoms with Gasteiger partial charge in [0.15, 0.2) is 0 Å². The van der Waals surface area contributed by atoms with Crippen LogP contribution in [0.2, 0.25) is 0 Å². The lowest BCUT2D eigenvalue weighted by Crippen LogP contribution is -2.45. The molecule has 0 bridgehead atoms. The third-order valence-corrected chi connectivity index (χ3v) is 6.18. The molecule has 1 saturated heterocycles. The molecule has 6 nitrogen and oxygen atoms in total. The Morgan fingerprint density at radius 1 is 0.750 bits per heavy atom. The normalized spacial score (nSPS) is 14.5. The number of thioether (sulfide) groups is 1. The molecule has 0 atom stereocenters. The molecule has 0 aromatic heterocycles. The zero-order chi connectivity index (χ0) is 22.9. The van der Waals surface area contributed by atoms with Crippen LogP contribution >= 0.6 is 11.8 Å². The Morgan fingerprint density at radius 2 is 1.25 bits per heavy atom. The van der Waals surface area contributed by atoms with Crippen molar-refractivity contribution in [3.05, 3.63) is 77.9 Å². The standard InChI is InChI=1S/C23H26N2S.C2H2O4/c1-26-23-10-7-19(8-11-23)17-24-12-14-25(15-13-24)18-20-6-9-21-4-2-3-5-22(21)16-20;3-1(4)2(5)6/h2-11,16H,12-15,17-18H2,1H3;(H,3,4)(H,5,6). The summed E-state index contributed by atoms with van der Waals surface area (Å²) in [6.45, 7) is 6.72. The first-order chi connectivity index (χ1) is 15.4. The summed E-state index contributed by atoms with van der Waals surface area (Å²) in [5.41, 5.74) is 2.84. The minimum Gasteiger partial charge on any atom is -0.473 e. The van der Waals surface area contributed by atoms with E-state index in [1.54, 1.807) is 11.8 Å². The minimum atomic E-state index is -1.82. The van der Waals surface area contributed by atoms with E-state index in [2.05, 4.69) is 82.8 Å². The van der Waals surface area contributed by atoms with Crippen molar-refractivity contribution < 1.29 is 19.8 Å². The Bertz CT molecular complexity index is 1040. The van der Waals surface area contributed by atoms with Gasteiger partial charge in [-0.15, -0.1) is 11.8 Å². The fourth-order valence-electron chi connectivity index (χ4n) is 3.69. The molecule has 0 aliphatic carbocycles. The molecular formula is C25H28N2O4S. The summed E-state index contributed by atoms with van der Waals surface area (Å²) in [6.07, 6.45) is 2.13. The Hall–Kier alpha value is -2.87. The zero-order valence-electron chi connectivity index (χ0n) is 18.1. The number of hydrogen-bond acceptors (Lipinski definition) is 5. The first kappa shape index (κ1) is 23.8. The molecule has 0 spiro atoms. The van der Waals surface area contributed by atoms with E-state index in [-0.39, 0.29) is 0 Å². The molecule has 1 aliphatic rings. The van der Waals surface area contributed by atoms with Gasteiger partial charge < -0.3 is 10.2 Å². The number of rotatable bonds is 5. The van der Waals surface area contributed by atoms with Gasteiger partial charge in [0.2, 0.25) is 0 Å². The van der Waals surface area contributed by atoms with Crippen LogP contribution < -0.4 is 0 Å². The molecule has 1 aliphatic heterocycles. The van der Waals surface area contributed by atoms with E-state index < -0.39 is 11.9 Å². The molecule has 32 heavy (non-hydrogen) atoms. The zero-order valence-corrected chi connectivity index (χ0v) is 18.9. The Labute approximate surface area is 192 Å². The summed E-state index contributed by atoms with van der Waals surface area (Å²) in [7, 11) is 0. The second-order valence-corrected chi connectivity index (χ2v) is 8.57. The highest BCUT2D eigenvalue weighted by atomic mass is 32.2. The van der Waals surface area contributed by atoms with Crippen molar-refractivity contribution in [2.45, 2.75) is 18.0 Å². The molecular weight excluding hydrogens is 424 g/mol. The van der Waals surface area contributed by atoms with Gasteiger partial charge in [-0.05, 0) is 46.4 Å². The Balaban J connectivity index is 0.000000427. The van der Waals surface area contributed by atoms with E-state index in [1.165, 1.54) is 26.8 Å². The van der Waals surface area contributed by atoms with Crippen LogP contribution in [0.15, 0.2) is 71.6 Å². The van der Waals surface area contributed by atoms with E-state index in [0.29, 0.717) is 0 Å². The molecule has 4 rings (SSSR count). The number of piperazine rings is 1. The van der Waals surface area contributed by atoms with Crippen LogP contribution in [0.5, 0.6) is 0 Å². The van der Waals surface area contributed by atoms with Crippen molar-refractivity contribution in [3.63, 3.8) is 0 Å². The number of hydrogen-bond donors (Lipinski definition) is 2. The van der Waals surface area contributed by atoms with Gasteiger partial charge >= 0.3 is 11.9 Å². The molecule has 0 radical (unpaired) electrons. The van der Waals surface area contributed by atoms with Crippen molar-refractivity contribution in [2.75, 3.05) is 32.4 Å². The van der Waals surface area contributed by atoms with Gasteiger partial charge in [0.25, 0.3) is 0 Å². The van der Waals surface area contributed by atoms with Crippen LogP contribution in [0.3, 0.4) is 0 Å². The number of benzene rings is 3. The number of aliphatic carboxylic acids is 2. The highest BCUT2D eigenvalue weighted by Gasteiger charge is 2.17. The molecule has 168 valence electrons. The third kappa shape index (κ3) is 7.09. The van der Waals surface area contributed by atoms with Crippen LogP contribution in [-0.4, -0.2) is 64.4 Å². The van der Waals surface area contributed by atoms with E-state index in [4.69, 9.17) is 19.8 Å². The van der Waals surface area contributed by atoms with Crippen molar-refractivity contribution >= 4 is 34.5 Å². The number of carbonyl (C=O) groups is 2. The number of nitrogens with zero attached hydrogens (tertiary/aromatic N) is 2. The number of carboxylic acid groups (broad SMARTS) is 2. The second kappa shape index (κ2) is 11.7. The van der Waals surface area contributed by atoms with E-state index in [9.17, 15) is 0 Å². The maximum atomic E-state index is 9.10. The molecule has 3 aromatic carbocycles. The van der Waals surface area contributed by atoms with Crippen LogP contribution in [0.1, 0.15) is 11.1 Å². The lowest BCUT2D eigenvalue weighted by Gasteiger charge is -2.34. The third-order valence-electron chi connectivity index (χ3n) is 5.43. The van der Waals surface area contributed by atoms with Crippen molar-refractivity contribution in [1.29, 1.82) is 0 Å². The van der Waals surface area contributed by atoms with Gasteiger partial charge in [-0.1, -0.05) is 48.5 Å². The van der Waals surface area contributed by atoms with E-state index >= 15 is 0 Å². The average Bonchev–Trinajstić information content (AvgIpc) is 2.81. The van der Waals surface area contributed by atoms with Gasteiger partial charge in [0.05, 0.1) is 0 Å². The van der Waals surface area contributed by atoms with Crippen molar-refractivity contribution in [3.8, 4) is 0 Å². The highest BCUT2D eigenvalue weighted by molar-refractivity contribution is 7.98. The van der Waals surface area contributed by atoms with Crippen molar-refractivity contribution in [1.82, 2.24) is 9.80 Å². The van der Waals surface area contributed by atoms with Gasteiger partial charge in [0.1, 0.15) is 0 Å². The van der Waals surface area contributed by atoms with Gasteiger partial charge in [0, 0.05) is 44.2 Å². The molecule has 3 aromatic rings. The molecule has 7 heteroatoms. The first-order valence-corrected chi connectivity index (χ1v) is 11.7. The monoisotopic (exact) mass is 452 g/mol. The summed E-state index contributed by atoms with van der Waals surface area (Å²) >= 11 is 1.81. The number of fused-ring (bicyclic) bond motifs is 1. The maximum absolute atomic E-state index is 9.10. The predicted octanol–water partition coefficient (Wildman–Crippen LogP) is 4.04. The molecule has 1 fully saturated rings. The molecule has 0 amide bonds. The van der Waals surface area contributed by atoms with Crippen LogP contribution in [0, 0.1) is 0 Å². The second-order valence-electron chi connectivity index (χ2n) is 7.69. The molecule has 0 saturated carbocycles. The molecule has 1 heterocycles. The SMILES string of the molecule is CSc1ccc(CN2CCN(Cc3ccc4ccccc4c3)CC2)cc1.O=C(O)C(=O)O. The lowest BCUT2D eigenvalue weighted by atomic mass is 10.1. The first-order valence-electron chi connectivity index (χ1n) is 10.5. The Kier molecular flexibility index (Phi) is 8.67. The van der Waals surface area contributed by atoms with Gasteiger partial charge in [-0.3, -0.25) is 9.80 Å². The van der Waals surface area contributed by atoms with Gasteiger partial charge in [-0.2, -0.15) is 0 Å². The van der Waals surface area contributed by atoms with Crippen LogP contribution in [0.4, 0.5) is 0 Å². The quantitative estimate of drug-likeness (QED) is 0.447. The summed E-state index contributed by atoms with van der Waals surface area (Å²) in [5, 5.41) is 17.5. The summed E-state index contributed by atoms with van der Waals surface area (Å²) in [5.74, 6) is -3.65. The van der Waals surface area contributed by atoms with Crippen LogP contribution in [-0.2, 0) is 22.7 Å². The van der Waals surface area contributed by atoms with E-state index in [0.717, 1.165) is 39.3 Å². The fraction of sp³-hybridized carbons (Fsp3) is 0.280. The predicted molar refractivity (Wildman–Crippen MR) is 128 cm³/mol. The largest absolute Gasteiger partial charge is 0.473 e.